The normalized spacial score (nSPS) is 27.9. The molecule has 1 unspecified atom stereocenters. The van der Waals surface area contributed by atoms with Gasteiger partial charge in [0.15, 0.2) is 16.6 Å². The summed E-state index contributed by atoms with van der Waals surface area (Å²) in [6.45, 7) is 24.8. The smallest absolute Gasteiger partial charge is 0.309 e. The summed E-state index contributed by atoms with van der Waals surface area (Å²) < 4.78 is 20.5. The van der Waals surface area contributed by atoms with E-state index in [0.29, 0.717) is 12.8 Å². The van der Waals surface area contributed by atoms with Crippen molar-refractivity contribution in [3.63, 3.8) is 0 Å². The van der Waals surface area contributed by atoms with Gasteiger partial charge >= 0.3 is 5.97 Å². The molecular weight excluding hydrogens is 697 g/mol. The standard InChI is InChI=1S/C38H68N4O6SSi2/c1-13-50(14-2,15-3)47-34-24-35(44)46-33(27(8)22-30-25-49-29(10)40-30)23-31(41-42-39)32(43)21-19-20-26(7)36(28(9)37(45)38(34,11)12)48-51(16-4,17-5)18-6/h22,25-26,28,31-34,36,43H,13-21,23-24H2,1-12H3/b27-22+/t26-,28+,31-,32-,33?,34+,36+/m0/s1. The topological polar surface area (TPSA) is 144 Å². The highest BCUT2D eigenvalue weighted by molar-refractivity contribution is 7.09. The first-order chi connectivity index (χ1) is 24.0. The van der Waals surface area contributed by atoms with E-state index in [1.807, 2.05) is 46.1 Å². The van der Waals surface area contributed by atoms with Crippen molar-refractivity contribution in [2.45, 2.75) is 182 Å². The van der Waals surface area contributed by atoms with E-state index in [1.54, 1.807) is 0 Å². The van der Waals surface area contributed by atoms with Crippen molar-refractivity contribution < 1.29 is 28.3 Å². The Morgan fingerprint density at radius 3 is 2.14 bits per heavy atom. The van der Waals surface area contributed by atoms with Crippen LogP contribution in [0.25, 0.3) is 16.5 Å². The first kappa shape index (κ1) is 45.3. The summed E-state index contributed by atoms with van der Waals surface area (Å²) in [4.78, 5) is 36.7. The van der Waals surface area contributed by atoms with Gasteiger partial charge in [-0.2, -0.15) is 0 Å². The zero-order chi connectivity index (χ0) is 38.6. The number of Topliss-reactive ketones (excluding diaryl/α,β-unsaturated/α-hetero) is 1. The molecule has 13 heteroatoms. The maximum absolute atomic E-state index is 14.9. The number of nitrogens with zero attached hydrogens (tertiary/aromatic N) is 4. The molecule has 51 heavy (non-hydrogen) atoms. The highest BCUT2D eigenvalue weighted by Gasteiger charge is 2.48. The van der Waals surface area contributed by atoms with Crippen molar-refractivity contribution in [1.29, 1.82) is 0 Å². The first-order valence-electron chi connectivity index (χ1n) is 19.4. The van der Waals surface area contributed by atoms with Gasteiger partial charge in [0.2, 0.25) is 0 Å². The zero-order valence-electron chi connectivity index (χ0n) is 33.7. The fourth-order valence-electron chi connectivity index (χ4n) is 7.67. The molecule has 1 fully saturated rings. The second kappa shape index (κ2) is 20.6. The molecule has 0 saturated carbocycles. The van der Waals surface area contributed by atoms with Gasteiger partial charge in [-0.25, -0.2) is 4.98 Å². The van der Waals surface area contributed by atoms with Crippen LogP contribution in [0.1, 0.15) is 119 Å². The van der Waals surface area contributed by atoms with Crippen molar-refractivity contribution in [2.24, 2.45) is 22.4 Å². The fourth-order valence-corrected chi connectivity index (χ4v) is 14.2. The SMILES string of the molecule is CC[Si](CC)(CC)O[C@@H]1[C@@H](C)CCC[C@H](O)[C@@H](N=[N+]=[N-])CC(/C(C)=C/c2csc(C)n2)OC(=O)C[C@@H](O[Si](CC)(CC)CC)C(C)(C)C(=O)[C@@H]1C. The Morgan fingerprint density at radius 1 is 1.06 bits per heavy atom. The number of carbonyl (C=O) groups is 2. The third kappa shape index (κ3) is 12.1. The van der Waals surface area contributed by atoms with E-state index in [-0.39, 0.29) is 30.6 Å². The number of azide groups is 1. The van der Waals surface area contributed by atoms with Crippen LogP contribution >= 0.6 is 11.3 Å². The molecule has 1 aromatic heterocycles. The molecule has 1 aliphatic rings. The molecule has 0 amide bonds. The number of hydrogen-bond donors (Lipinski definition) is 1. The van der Waals surface area contributed by atoms with Crippen LogP contribution < -0.4 is 0 Å². The van der Waals surface area contributed by atoms with Crippen LogP contribution in [0.4, 0.5) is 0 Å². The predicted octanol–water partition coefficient (Wildman–Crippen LogP) is 10.4. The monoisotopic (exact) mass is 764 g/mol. The molecule has 1 N–H and O–H groups in total. The van der Waals surface area contributed by atoms with Crippen molar-refractivity contribution in [2.75, 3.05) is 0 Å². The van der Waals surface area contributed by atoms with Crippen LogP contribution in [-0.4, -0.2) is 68.9 Å². The molecule has 0 radical (unpaired) electrons. The molecule has 1 aliphatic heterocycles. The fraction of sp³-hybridized carbons (Fsp3) is 0.816. The Morgan fingerprint density at radius 2 is 1.63 bits per heavy atom. The largest absolute Gasteiger partial charge is 0.458 e. The van der Waals surface area contributed by atoms with Crippen LogP contribution in [0.5, 0.6) is 0 Å². The highest BCUT2D eigenvalue weighted by Crippen LogP contribution is 2.40. The van der Waals surface area contributed by atoms with Crippen molar-refractivity contribution >= 4 is 45.8 Å². The number of thiazole rings is 1. The second-order valence-corrected chi connectivity index (χ2v) is 25.9. The van der Waals surface area contributed by atoms with Gasteiger partial charge in [0, 0.05) is 21.6 Å². The van der Waals surface area contributed by atoms with Crippen LogP contribution in [0.3, 0.4) is 0 Å². The quantitative estimate of drug-likeness (QED) is 0.0692. The Hall–Kier alpha value is -1.87. The summed E-state index contributed by atoms with van der Waals surface area (Å²) in [6.07, 6.45) is 0.938. The number of esters is 1. The molecule has 2 heterocycles. The summed E-state index contributed by atoms with van der Waals surface area (Å²) in [5, 5.41) is 18.3. The number of hydrogen-bond acceptors (Lipinski definition) is 9. The minimum absolute atomic E-state index is 0.0357. The van der Waals surface area contributed by atoms with Crippen molar-refractivity contribution in [3.05, 3.63) is 32.1 Å². The zero-order valence-corrected chi connectivity index (χ0v) is 36.5. The van der Waals surface area contributed by atoms with E-state index in [1.165, 1.54) is 11.3 Å². The minimum atomic E-state index is -2.29. The lowest BCUT2D eigenvalue weighted by Crippen LogP contribution is -2.53. The maximum Gasteiger partial charge on any atom is 0.309 e. The van der Waals surface area contributed by atoms with Gasteiger partial charge in [0.25, 0.3) is 0 Å². The number of ketones is 1. The van der Waals surface area contributed by atoms with Gasteiger partial charge in [-0.3, -0.25) is 9.59 Å². The van der Waals surface area contributed by atoms with Crippen LogP contribution in [-0.2, 0) is 23.2 Å². The number of rotatable bonds is 13. The van der Waals surface area contributed by atoms with Crippen LogP contribution in [0.2, 0.25) is 36.3 Å². The average molecular weight is 765 g/mol. The third-order valence-electron chi connectivity index (χ3n) is 12.0. The molecular formula is C38H68N4O6SSi2. The highest BCUT2D eigenvalue weighted by atomic mass is 32.1. The summed E-state index contributed by atoms with van der Waals surface area (Å²) >= 11 is 1.53. The molecule has 0 spiro atoms. The summed E-state index contributed by atoms with van der Waals surface area (Å²) in [5.41, 5.74) is 10.00. The van der Waals surface area contributed by atoms with E-state index < -0.39 is 58.3 Å². The van der Waals surface area contributed by atoms with Gasteiger partial charge in [-0.15, -0.1) is 11.3 Å². The predicted molar refractivity (Wildman–Crippen MR) is 214 cm³/mol. The van der Waals surface area contributed by atoms with Gasteiger partial charge in [0.05, 0.1) is 41.5 Å². The van der Waals surface area contributed by atoms with E-state index >= 15 is 0 Å². The van der Waals surface area contributed by atoms with E-state index in [2.05, 4.69) is 63.5 Å². The third-order valence-corrected chi connectivity index (χ3v) is 22.0. The number of carbonyl (C=O) groups excluding carboxylic acids is 2. The van der Waals surface area contributed by atoms with Crippen LogP contribution in [0.15, 0.2) is 16.1 Å². The number of aromatic nitrogens is 1. The van der Waals surface area contributed by atoms with E-state index in [4.69, 9.17) is 13.6 Å². The molecule has 1 aromatic rings. The second-order valence-electron chi connectivity index (χ2n) is 15.4. The molecule has 290 valence electrons. The van der Waals surface area contributed by atoms with Crippen LogP contribution in [0, 0.1) is 24.2 Å². The molecule has 7 atom stereocenters. The van der Waals surface area contributed by atoms with Crippen molar-refractivity contribution in [1.82, 2.24) is 4.98 Å². The molecule has 0 bridgehead atoms. The maximum atomic E-state index is 14.9. The molecule has 0 aliphatic carbocycles. The Balaban J connectivity index is 2.74. The summed E-state index contributed by atoms with van der Waals surface area (Å²) in [6, 6.07) is 4.69. The number of aliphatic hydroxyl groups is 1. The molecule has 2 rings (SSSR count). The number of aryl methyl sites for hydroxylation is 1. The average Bonchev–Trinajstić information content (AvgIpc) is 3.53. The number of aliphatic hydroxyl groups excluding tert-OH is 1. The molecule has 1 saturated heterocycles. The van der Waals surface area contributed by atoms with Gasteiger partial charge in [0.1, 0.15) is 11.9 Å². The number of ether oxygens (including phenoxy) is 1. The lowest BCUT2D eigenvalue weighted by molar-refractivity contribution is -0.154. The first-order valence-corrected chi connectivity index (χ1v) is 25.4. The summed E-state index contributed by atoms with van der Waals surface area (Å²) in [7, 11) is -4.41. The lowest BCUT2D eigenvalue weighted by Gasteiger charge is -2.44. The molecule has 0 aromatic carbocycles. The molecule has 10 nitrogen and oxygen atoms in total. The van der Waals surface area contributed by atoms with Gasteiger partial charge in [-0.1, -0.05) is 80.8 Å². The number of cyclic esters (lactones) is 1. The van der Waals surface area contributed by atoms with Crippen molar-refractivity contribution in [3.8, 4) is 0 Å². The Bertz CT molecular complexity index is 1320. The van der Waals surface area contributed by atoms with Gasteiger partial charge in [-0.05, 0) is 92.5 Å². The summed E-state index contributed by atoms with van der Waals surface area (Å²) in [5.74, 6) is -0.864. The Labute approximate surface area is 314 Å². The van der Waals surface area contributed by atoms with E-state index in [9.17, 15) is 20.2 Å². The van der Waals surface area contributed by atoms with E-state index in [0.717, 1.165) is 59.0 Å². The lowest BCUT2D eigenvalue weighted by atomic mass is 9.73. The minimum Gasteiger partial charge on any atom is -0.458 e. The van der Waals surface area contributed by atoms with Gasteiger partial charge < -0.3 is 18.7 Å². The Kier molecular flexibility index (Phi) is 18.3.